The van der Waals surface area contributed by atoms with Crippen LogP contribution >= 0.6 is 0 Å². The van der Waals surface area contributed by atoms with Crippen LogP contribution < -0.4 is 10.6 Å². The molecule has 0 aromatic heterocycles. The first-order valence-corrected chi connectivity index (χ1v) is 5.83. The normalized spacial score (nSPS) is 22.1. The fraction of sp³-hybridized carbons (Fsp3) is 0.909. The van der Waals surface area contributed by atoms with Crippen LogP contribution in [0.1, 0.15) is 45.4 Å². The first-order chi connectivity index (χ1) is 6.83. The first-order valence-electron chi connectivity index (χ1n) is 5.83. The summed E-state index contributed by atoms with van der Waals surface area (Å²) in [4.78, 5) is 10.9. The number of nitrogens with one attached hydrogen (secondary N) is 2. The molecule has 1 atom stereocenters. The van der Waals surface area contributed by atoms with Gasteiger partial charge >= 0.3 is 0 Å². The van der Waals surface area contributed by atoms with Gasteiger partial charge in [0.25, 0.3) is 0 Å². The van der Waals surface area contributed by atoms with Gasteiger partial charge in [-0.15, -0.1) is 0 Å². The van der Waals surface area contributed by atoms with Gasteiger partial charge < -0.3 is 10.6 Å². The standard InChI is InChI=1S/C11H22N2O/c1-2-3-4-5-8-12-10-6-7-11(14)13-9-10/h10,12H,2-9H2,1H3,(H,13,14). The van der Waals surface area contributed by atoms with Crippen molar-refractivity contribution in [2.45, 2.75) is 51.5 Å². The largest absolute Gasteiger partial charge is 0.355 e. The number of carbonyl (C=O) groups is 1. The predicted molar refractivity (Wildman–Crippen MR) is 58.2 cm³/mol. The molecule has 14 heavy (non-hydrogen) atoms. The Hall–Kier alpha value is -0.570. The number of rotatable bonds is 6. The van der Waals surface area contributed by atoms with Crippen molar-refractivity contribution in [3.05, 3.63) is 0 Å². The van der Waals surface area contributed by atoms with Crippen LogP contribution in [-0.2, 0) is 4.79 Å². The minimum absolute atomic E-state index is 0.203. The van der Waals surface area contributed by atoms with Gasteiger partial charge in [-0.2, -0.15) is 0 Å². The summed E-state index contributed by atoms with van der Waals surface area (Å²) in [5.41, 5.74) is 0. The van der Waals surface area contributed by atoms with Gasteiger partial charge in [0.15, 0.2) is 0 Å². The van der Waals surface area contributed by atoms with Crippen LogP contribution in [0.15, 0.2) is 0 Å². The smallest absolute Gasteiger partial charge is 0.220 e. The molecule has 1 saturated heterocycles. The second-order valence-electron chi connectivity index (χ2n) is 4.05. The molecule has 0 spiro atoms. The highest BCUT2D eigenvalue weighted by molar-refractivity contribution is 5.76. The second kappa shape index (κ2) is 6.82. The van der Waals surface area contributed by atoms with E-state index in [0.29, 0.717) is 12.5 Å². The number of piperidine rings is 1. The van der Waals surface area contributed by atoms with Crippen molar-refractivity contribution in [1.29, 1.82) is 0 Å². The van der Waals surface area contributed by atoms with E-state index in [1.54, 1.807) is 0 Å². The third-order valence-corrected chi connectivity index (χ3v) is 2.73. The minimum Gasteiger partial charge on any atom is -0.355 e. The average Bonchev–Trinajstić information content (AvgIpc) is 2.21. The van der Waals surface area contributed by atoms with Crippen LogP contribution in [0.3, 0.4) is 0 Å². The molecule has 0 saturated carbocycles. The molecule has 3 nitrogen and oxygen atoms in total. The van der Waals surface area contributed by atoms with E-state index in [-0.39, 0.29) is 5.91 Å². The molecule has 1 heterocycles. The summed E-state index contributed by atoms with van der Waals surface area (Å²) in [5, 5.41) is 6.37. The van der Waals surface area contributed by atoms with Crippen molar-refractivity contribution in [3.63, 3.8) is 0 Å². The van der Waals surface area contributed by atoms with Gasteiger partial charge in [-0.05, 0) is 19.4 Å². The molecule has 1 amide bonds. The monoisotopic (exact) mass is 198 g/mol. The molecular formula is C11H22N2O. The number of carbonyl (C=O) groups excluding carboxylic acids is 1. The van der Waals surface area contributed by atoms with Crippen molar-refractivity contribution in [2.24, 2.45) is 0 Å². The average molecular weight is 198 g/mol. The van der Waals surface area contributed by atoms with Crippen LogP contribution in [0.5, 0.6) is 0 Å². The van der Waals surface area contributed by atoms with Crippen molar-refractivity contribution >= 4 is 5.91 Å². The quantitative estimate of drug-likeness (QED) is 0.634. The summed E-state index contributed by atoms with van der Waals surface area (Å²) in [5.74, 6) is 0.203. The Morgan fingerprint density at radius 2 is 2.29 bits per heavy atom. The van der Waals surface area contributed by atoms with Gasteiger partial charge in [0.05, 0.1) is 0 Å². The summed E-state index contributed by atoms with van der Waals surface area (Å²) in [6.07, 6.45) is 6.90. The zero-order chi connectivity index (χ0) is 10.2. The Balaban J connectivity index is 1.94. The van der Waals surface area contributed by atoms with E-state index in [9.17, 15) is 4.79 Å². The van der Waals surface area contributed by atoms with Crippen molar-refractivity contribution in [3.8, 4) is 0 Å². The molecule has 0 aliphatic carbocycles. The molecule has 0 aromatic rings. The molecule has 0 aromatic carbocycles. The molecule has 1 rings (SSSR count). The zero-order valence-electron chi connectivity index (χ0n) is 9.14. The van der Waals surface area contributed by atoms with Gasteiger partial charge in [0.2, 0.25) is 5.91 Å². The Morgan fingerprint density at radius 3 is 2.93 bits per heavy atom. The highest BCUT2D eigenvalue weighted by Gasteiger charge is 2.16. The van der Waals surface area contributed by atoms with E-state index < -0.39 is 0 Å². The van der Waals surface area contributed by atoms with Gasteiger partial charge in [-0.25, -0.2) is 0 Å². The number of amides is 1. The molecule has 0 radical (unpaired) electrons. The summed E-state index contributed by atoms with van der Waals surface area (Å²) in [6.45, 7) is 4.14. The first kappa shape index (κ1) is 11.5. The third-order valence-electron chi connectivity index (χ3n) is 2.73. The van der Waals surface area contributed by atoms with E-state index in [1.165, 1.54) is 25.7 Å². The molecular weight excluding hydrogens is 176 g/mol. The maximum Gasteiger partial charge on any atom is 0.220 e. The number of unbranched alkanes of at least 4 members (excludes halogenated alkanes) is 3. The van der Waals surface area contributed by atoms with E-state index in [2.05, 4.69) is 17.6 Å². The molecule has 1 aliphatic rings. The molecule has 1 fully saturated rings. The van der Waals surface area contributed by atoms with Crippen LogP contribution in [0.4, 0.5) is 0 Å². The Bertz CT molecular complexity index is 161. The number of hydrogen-bond donors (Lipinski definition) is 2. The summed E-state index contributed by atoms with van der Waals surface area (Å²) in [6, 6.07) is 0.509. The topological polar surface area (TPSA) is 41.1 Å². The lowest BCUT2D eigenvalue weighted by molar-refractivity contribution is -0.122. The molecule has 2 N–H and O–H groups in total. The molecule has 0 bridgehead atoms. The van der Waals surface area contributed by atoms with E-state index in [0.717, 1.165) is 19.5 Å². The lowest BCUT2D eigenvalue weighted by Gasteiger charge is -2.23. The maximum atomic E-state index is 10.9. The van der Waals surface area contributed by atoms with Gasteiger partial charge in [0.1, 0.15) is 0 Å². The van der Waals surface area contributed by atoms with E-state index in [1.807, 2.05) is 0 Å². The van der Waals surface area contributed by atoms with E-state index in [4.69, 9.17) is 0 Å². The summed E-state index contributed by atoms with van der Waals surface area (Å²) < 4.78 is 0. The zero-order valence-corrected chi connectivity index (χ0v) is 9.14. The minimum atomic E-state index is 0.203. The molecule has 3 heteroatoms. The second-order valence-corrected chi connectivity index (χ2v) is 4.05. The van der Waals surface area contributed by atoms with Crippen molar-refractivity contribution in [1.82, 2.24) is 10.6 Å². The lowest BCUT2D eigenvalue weighted by atomic mass is 10.1. The third kappa shape index (κ3) is 4.61. The SMILES string of the molecule is CCCCCCNC1CCC(=O)NC1. The van der Waals surface area contributed by atoms with E-state index >= 15 is 0 Å². The lowest BCUT2D eigenvalue weighted by Crippen LogP contribution is -2.45. The maximum absolute atomic E-state index is 10.9. The molecule has 1 aliphatic heterocycles. The fourth-order valence-corrected chi connectivity index (χ4v) is 1.77. The Morgan fingerprint density at radius 1 is 1.43 bits per heavy atom. The fourth-order valence-electron chi connectivity index (χ4n) is 1.77. The van der Waals surface area contributed by atoms with Crippen LogP contribution in [0, 0.1) is 0 Å². The highest BCUT2D eigenvalue weighted by Crippen LogP contribution is 2.03. The van der Waals surface area contributed by atoms with Crippen LogP contribution in [-0.4, -0.2) is 25.0 Å². The number of hydrogen-bond acceptors (Lipinski definition) is 2. The molecule has 1 unspecified atom stereocenters. The van der Waals surface area contributed by atoms with Crippen molar-refractivity contribution < 1.29 is 4.79 Å². The Kier molecular flexibility index (Phi) is 5.60. The Labute approximate surface area is 86.6 Å². The predicted octanol–water partition coefficient (Wildman–Crippen LogP) is 1.43. The summed E-state index contributed by atoms with van der Waals surface area (Å²) in [7, 11) is 0. The van der Waals surface area contributed by atoms with Crippen molar-refractivity contribution in [2.75, 3.05) is 13.1 Å². The van der Waals surface area contributed by atoms with Gasteiger partial charge in [-0.3, -0.25) is 4.79 Å². The van der Waals surface area contributed by atoms with Gasteiger partial charge in [-0.1, -0.05) is 26.2 Å². The summed E-state index contributed by atoms with van der Waals surface area (Å²) >= 11 is 0. The van der Waals surface area contributed by atoms with Gasteiger partial charge in [0, 0.05) is 19.0 Å². The van der Waals surface area contributed by atoms with Crippen LogP contribution in [0.2, 0.25) is 0 Å². The highest BCUT2D eigenvalue weighted by atomic mass is 16.1. The molecule has 82 valence electrons. The van der Waals surface area contributed by atoms with Crippen LogP contribution in [0.25, 0.3) is 0 Å².